The van der Waals surface area contributed by atoms with Gasteiger partial charge in [-0.05, 0) is 31.9 Å². The second-order valence-corrected chi connectivity index (χ2v) is 4.14. The molecular formula is C13H21NO. The van der Waals surface area contributed by atoms with Crippen LogP contribution in [0.4, 0.5) is 5.69 Å². The molecular weight excluding hydrogens is 186 g/mol. The summed E-state index contributed by atoms with van der Waals surface area (Å²) in [6.45, 7) is 9.33. The summed E-state index contributed by atoms with van der Waals surface area (Å²) in [5.41, 5.74) is 1.13. The van der Waals surface area contributed by atoms with Crippen LogP contribution in [0, 0.1) is 5.92 Å². The highest BCUT2D eigenvalue weighted by Gasteiger charge is 2.06. The summed E-state index contributed by atoms with van der Waals surface area (Å²) >= 11 is 0. The molecule has 0 radical (unpaired) electrons. The molecule has 0 aliphatic rings. The van der Waals surface area contributed by atoms with Crippen molar-refractivity contribution in [1.29, 1.82) is 0 Å². The van der Waals surface area contributed by atoms with E-state index in [1.54, 1.807) is 0 Å². The summed E-state index contributed by atoms with van der Waals surface area (Å²) in [7, 11) is 0. The largest absolute Gasteiger partial charge is 0.494 e. The molecule has 2 nitrogen and oxygen atoms in total. The Bertz CT molecular complexity index is 296. The van der Waals surface area contributed by atoms with Gasteiger partial charge in [0.15, 0.2) is 0 Å². The molecule has 15 heavy (non-hydrogen) atoms. The van der Waals surface area contributed by atoms with E-state index >= 15 is 0 Å². The topological polar surface area (TPSA) is 21.3 Å². The molecule has 0 aliphatic carbocycles. The van der Waals surface area contributed by atoms with Crippen molar-refractivity contribution >= 4 is 5.69 Å². The van der Waals surface area contributed by atoms with Crippen LogP contribution < -0.4 is 10.1 Å². The van der Waals surface area contributed by atoms with Gasteiger partial charge in [0.1, 0.15) is 5.75 Å². The molecule has 1 aromatic rings. The van der Waals surface area contributed by atoms with Crippen LogP contribution in [0.5, 0.6) is 5.75 Å². The zero-order valence-corrected chi connectivity index (χ0v) is 10.1. The van der Waals surface area contributed by atoms with Crippen LogP contribution in [-0.2, 0) is 0 Å². The molecule has 0 aliphatic heterocycles. The van der Waals surface area contributed by atoms with Gasteiger partial charge in [0, 0.05) is 17.8 Å². The molecule has 2 heteroatoms. The van der Waals surface area contributed by atoms with Crippen LogP contribution in [-0.4, -0.2) is 12.6 Å². The lowest BCUT2D eigenvalue weighted by molar-refractivity contribution is 0.340. The maximum Gasteiger partial charge on any atom is 0.121 e. The van der Waals surface area contributed by atoms with Gasteiger partial charge in [-0.25, -0.2) is 0 Å². The van der Waals surface area contributed by atoms with E-state index in [9.17, 15) is 0 Å². The van der Waals surface area contributed by atoms with Crippen LogP contribution in [0.1, 0.15) is 27.7 Å². The molecule has 1 atom stereocenters. The first-order valence-electron chi connectivity index (χ1n) is 5.63. The lowest BCUT2D eigenvalue weighted by Crippen LogP contribution is -2.21. The Morgan fingerprint density at radius 3 is 2.60 bits per heavy atom. The summed E-state index contributed by atoms with van der Waals surface area (Å²) in [5.74, 6) is 1.55. The lowest BCUT2D eigenvalue weighted by Gasteiger charge is -2.19. The second-order valence-electron chi connectivity index (χ2n) is 4.14. The average Bonchev–Trinajstić information content (AvgIpc) is 2.18. The van der Waals surface area contributed by atoms with Crippen molar-refractivity contribution in [2.24, 2.45) is 5.92 Å². The van der Waals surface area contributed by atoms with Crippen molar-refractivity contribution in [1.82, 2.24) is 0 Å². The lowest BCUT2D eigenvalue weighted by atomic mass is 10.1. The number of ether oxygens (including phenoxy) is 1. The smallest absolute Gasteiger partial charge is 0.121 e. The Labute approximate surface area is 92.6 Å². The Morgan fingerprint density at radius 1 is 1.27 bits per heavy atom. The highest BCUT2D eigenvalue weighted by Crippen LogP contribution is 2.19. The van der Waals surface area contributed by atoms with Crippen LogP contribution in [0.25, 0.3) is 0 Å². The van der Waals surface area contributed by atoms with E-state index in [0.717, 1.165) is 11.4 Å². The number of rotatable bonds is 5. The van der Waals surface area contributed by atoms with Crippen molar-refractivity contribution in [3.63, 3.8) is 0 Å². The van der Waals surface area contributed by atoms with Crippen molar-refractivity contribution in [3.8, 4) is 5.75 Å². The van der Waals surface area contributed by atoms with Gasteiger partial charge in [0.2, 0.25) is 0 Å². The van der Waals surface area contributed by atoms with E-state index in [-0.39, 0.29) is 0 Å². The third-order valence-corrected chi connectivity index (χ3v) is 2.54. The number of nitrogens with one attached hydrogen (secondary N) is 1. The Balaban J connectivity index is 2.64. The van der Waals surface area contributed by atoms with Crippen molar-refractivity contribution in [2.45, 2.75) is 33.7 Å². The van der Waals surface area contributed by atoms with Crippen LogP contribution in [0.2, 0.25) is 0 Å². The minimum absolute atomic E-state index is 0.474. The molecule has 1 aromatic carbocycles. The van der Waals surface area contributed by atoms with Gasteiger partial charge in [-0.3, -0.25) is 0 Å². The van der Waals surface area contributed by atoms with Gasteiger partial charge in [-0.15, -0.1) is 0 Å². The standard InChI is InChI=1S/C13H21NO/c1-5-15-13-8-6-7-12(9-13)14-11(4)10(2)3/h6-11,14H,5H2,1-4H3. The zero-order chi connectivity index (χ0) is 11.3. The molecule has 1 rings (SSSR count). The Hall–Kier alpha value is -1.18. The summed E-state index contributed by atoms with van der Waals surface area (Å²) in [6, 6.07) is 8.58. The van der Waals surface area contributed by atoms with Crippen LogP contribution >= 0.6 is 0 Å². The predicted molar refractivity (Wildman–Crippen MR) is 65.5 cm³/mol. The summed E-state index contributed by atoms with van der Waals surface area (Å²) in [4.78, 5) is 0. The van der Waals surface area contributed by atoms with Crippen LogP contribution in [0.3, 0.4) is 0 Å². The molecule has 1 unspecified atom stereocenters. The van der Waals surface area contributed by atoms with Crippen molar-refractivity contribution < 1.29 is 4.74 Å². The van der Waals surface area contributed by atoms with E-state index in [1.165, 1.54) is 0 Å². The van der Waals surface area contributed by atoms with Crippen molar-refractivity contribution in [2.75, 3.05) is 11.9 Å². The predicted octanol–water partition coefficient (Wildman–Crippen LogP) is 3.54. The molecule has 1 N–H and O–H groups in total. The van der Waals surface area contributed by atoms with Gasteiger partial charge in [-0.2, -0.15) is 0 Å². The molecule has 0 aromatic heterocycles. The zero-order valence-electron chi connectivity index (χ0n) is 10.1. The molecule has 0 amide bonds. The van der Waals surface area contributed by atoms with E-state index in [1.807, 2.05) is 25.1 Å². The average molecular weight is 207 g/mol. The quantitative estimate of drug-likeness (QED) is 0.797. The molecule has 0 saturated carbocycles. The van der Waals surface area contributed by atoms with E-state index in [4.69, 9.17) is 4.74 Å². The van der Waals surface area contributed by atoms with E-state index in [0.29, 0.717) is 18.6 Å². The minimum Gasteiger partial charge on any atom is -0.494 e. The highest BCUT2D eigenvalue weighted by atomic mass is 16.5. The fraction of sp³-hybridized carbons (Fsp3) is 0.538. The maximum atomic E-state index is 5.45. The third-order valence-electron chi connectivity index (χ3n) is 2.54. The minimum atomic E-state index is 0.474. The van der Waals surface area contributed by atoms with E-state index < -0.39 is 0 Å². The fourth-order valence-corrected chi connectivity index (χ4v) is 1.27. The first-order valence-corrected chi connectivity index (χ1v) is 5.63. The highest BCUT2D eigenvalue weighted by molar-refractivity contribution is 5.48. The van der Waals surface area contributed by atoms with Gasteiger partial charge < -0.3 is 10.1 Å². The van der Waals surface area contributed by atoms with E-state index in [2.05, 4.69) is 32.2 Å². The Morgan fingerprint density at radius 2 is 2.00 bits per heavy atom. The molecule has 0 spiro atoms. The van der Waals surface area contributed by atoms with Gasteiger partial charge in [0.25, 0.3) is 0 Å². The third kappa shape index (κ3) is 3.82. The van der Waals surface area contributed by atoms with Gasteiger partial charge in [0.05, 0.1) is 6.61 Å². The molecule has 0 bridgehead atoms. The number of benzene rings is 1. The molecule has 0 saturated heterocycles. The fourth-order valence-electron chi connectivity index (χ4n) is 1.27. The summed E-state index contributed by atoms with van der Waals surface area (Å²) < 4.78 is 5.45. The van der Waals surface area contributed by atoms with Crippen molar-refractivity contribution in [3.05, 3.63) is 24.3 Å². The van der Waals surface area contributed by atoms with Crippen LogP contribution in [0.15, 0.2) is 24.3 Å². The summed E-state index contributed by atoms with van der Waals surface area (Å²) in [6.07, 6.45) is 0. The van der Waals surface area contributed by atoms with Gasteiger partial charge in [-0.1, -0.05) is 19.9 Å². The number of anilines is 1. The summed E-state index contributed by atoms with van der Waals surface area (Å²) in [5, 5.41) is 3.46. The van der Waals surface area contributed by atoms with Gasteiger partial charge >= 0.3 is 0 Å². The number of hydrogen-bond donors (Lipinski definition) is 1. The second kappa shape index (κ2) is 5.64. The maximum absolute atomic E-state index is 5.45. The normalized spacial score (nSPS) is 12.6. The molecule has 84 valence electrons. The SMILES string of the molecule is CCOc1cccc(NC(C)C(C)C)c1. The first kappa shape index (κ1) is 11.9. The monoisotopic (exact) mass is 207 g/mol. The first-order chi connectivity index (χ1) is 7.13. The number of hydrogen-bond acceptors (Lipinski definition) is 2. The Kier molecular flexibility index (Phi) is 4.47. The molecule has 0 fully saturated rings. The molecule has 0 heterocycles.